The van der Waals surface area contributed by atoms with E-state index in [4.69, 9.17) is 4.74 Å². The highest BCUT2D eigenvalue weighted by molar-refractivity contribution is 7.90. The van der Waals surface area contributed by atoms with Crippen molar-refractivity contribution >= 4 is 22.1 Å². The first-order valence-corrected chi connectivity index (χ1v) is 9.98. The topological polar surface area (TPSA) is 83.9 Å². The summed E-state index contributed by atoms with van der Waals surface area (Å²) in [7, 11) is -3.72. The third-order valence-corrected chi connectivity index (χ3v) is 6.01. The zero-order valence-electron chi connectivity index (χ0n) is 13.6. The molecule has 0 atom stereocenters. The van der Waals surface area contributed by atoms with Crippen LogP contribution in [-0.4, -0.2) is 56.3 Å². The summed E-state index contributed by atoms with van der Waals surface area (Å²) in [6, 6.07) is 3.20. The molecule has 2 aliphatic heterocycles. The number of sulfonamides is 1. The Labute approximate surface area is 142 Å². The third kappa shape index (κ3) is 3.25. The molecule has 0 bridgehead atoms. The van der Waals surface area contributed by atoms with Crippen LogP contribution in [0.1, 0.15) is 32.1 Å². The molecule has 4 rings (SSSR count). The number of likely N-dealkylation sites (tertiary alicyclic amines) is 1. The van der Waals surface area contributed by atoms with Crippen LogP contribution in [-0.2, 0) is 10.0 Å². The van der Waals surface area contributed by atoms with Gasteiger partial charge < -0.3 is 15.0 Å². The number of rotatable bonds is 4. The zero-order chi connectivity index (χ0) is 16.6. The van der Waals surface area contributed by atoms with Gasteiger partial charge in [0.15, 0.2) is 4.90 Å². The van der Waals surface area contributed by atoms with E-state index in [0.717, 1.165) is 39.0 Å². The summed E-state index contributed by atoms with van der Waals surface area (Å²) >= 11 is 0. The molecule has 130 valence electrons. The first-order valence-electron chi connectivity index (χ1n) is 8.54. The smallest absolute Gasteiger partial charge is 0.287 e. The van der Waals surface area contributed by atoms with Gasteiger partial charge in [-0.3, -0.25) is 0 Å². The molecule has 7 nitrogen and oxygen atoms in total. The standard InChI is InChI=1S/C16H22N4O3S/c21-24(22)13-4-5-14(17-8-11-20-9-2-1-3-10-20)19-15(13)23-16(6-7-16)12-18-24/h4-5,12H,1-3,6-11H2,(H,17,19). The summed E-state index contributed by atoms with van der Waals surface area (Å²) in [6.45, 7) is 4.05. The van der Waals surface area contributed by atoms with Crippen molar-refractivity contribution in [1.82, 2.24) is 9.88 Å². The van der Waals surface area contributed by atoms with Crippen LogP contribution in [0, 0.1) is 0 Å². The van der Waals surface area contributed by atoms with Crippen molar-refractivity contribution < 1.29 is 13.2 Å². The van der Waals surface area contributed by atoms with Crippen molar-refractivity contribution in [3.63, 3.8) is 0 Å². The van der Waals surface area contributed by atoms with Gasteiger partial charge in [-0.25, -0.2) is 0 Å². The Morgan fingerprint density at radius 2 is 2.00 bits per heavy atom. The molecule has 1 spiro atoms. The second-order valence-electron chi connectivity index (χ2n) is 6.71. The fraction of sp³-hybridized carbons (Fsp3) is 0.625. The number of nitrogens with one attached hydrogen (secondary N) is 1. The molecular weight excluding hydrogens is 328 g/mol. The predicted octanol–water partition coefficient (Wildman–Crippen LogP) is 1.66. The third-order valence-electron chi connectivity index (χ3n) is 4.76. The van der Waals surface area contributed by atoms with Crippen LogP contribution in [0.3, 0.4) is 0 Å². The second kappa shape index (κ2) is 6.00. The van der Waals surface area contributed by atoms with Gasteiger partial charge in [-0.1, -0.05) is 6.42 Å². The van der Waals surface area contributed by atoms with E-state index in [-0.39, 0.29) is 10.8 Å². The number of hydrogen-bond acceptors (Lipinski definition) is 6. The normalized spacial score (nSPS) is 24.0. The van der Waals surface area contributed by atoms with Gasteiger partial charge in [0.05, 0.1) is 6.21 Å². The molecule has 1 aliphatic carbocycles. The molecule has 1 saturated heterocycles. The minimum atomic E-state index is -3.72. The molecule has 1 aromatic heterocycles. The van der Waals surface area contributed by atoms with Gasteiger partial charge in [-0.05, 0) is 50.9 Å². The Morgan fingerprint density at radius 3 is 2.75 bits per heavy atom. The maximum atomic E-state index is 12.2. The van der Waals surface area contributed by atoms with Crippen molar-refractivity contribution in [2.75, 3.05) is 31.5 Å². The molecule has 1 saturated carbocycles. The lowest BCUT2D eigenvalue weighted by atomic mass is 10.1. The average molecular weight is 350 g/mol. The molecule has 0 amide bonds. The Hall–Kier alpha value is -1.67. The predicted molar refractivity (Wildman–Crippen MR) is 91.3 cm³/mol. The maximum absolute atomic E-state index is 12.2. The average Bonchev–Trinajstić information content (AvgIpc) is 3.35. The van der Waals surface area contributed by atoms with E-state index in [0.29, 0.717) is 5.82 Å². The number of piperidine rings is 1. The Balaban J connectivity index is 1.46. The van der Waals surface area contributed by atoms with Gasteiger partial charge in [0, 0.05) is 13.1 Å². The molecule has 0 radical (unpaired) electrons. The largest absolute Gasteiger partial charge is 0.464 e. The van der Waals surface area contributed by atoms with Gasteiger partial charge in [0.2, 0.25) is 5.88 Å². The van der Waals surface area contributed by atoms with E-state index in [1.165, 1.54) is 31.5 Å². The zero-order valence-corrected chi connectivity index (χ0v) is 14.4. The van der Waals surface area contributed by atoms with Crippen molar-refractivity contribution in [2.24, 2.45) is 4.40 Å². The van der Waals surface area contributed by atoms with Gasteiger partial charge in [0.1, 0.15) is 11.4 Å². The highest BCUT2D eigenvalue weighted by Crippen LogP contribution is 2.42. The minimum absolute atomic E-state index is 0.0455. The summed E-state index contributed by atoms with van der Waals surface area (Å²) in [5.74, 6) is 0.798. The fourth-order valence-electron chi connectivity index (χ4n) is 3.12. The quantitative estimate of drug-likeness (QED) is 0.889. The molecule has 0 unspecified atom stereocenters. The Morgan fingerprint density at radius 1 is 1.21 bits per heavy atom. The molecule has 1 N–H and O–H groups in total. The van der Waals surface area contributed by atoms with Gasteiger partial charge >= 0.3 is 0 Å². The number of aromatic nitrogens is 1. The lowest BCUT2D eigenvalue weighted by molar-refractivity contribution is 0.235. The lowest BCUT2D eigenvalue weighted by Crippen LogP contribution is -2.33. The van der Waals surface area contributed by atoms with Crippen LogP contribution in [0.25, 0.3) is 0 Å². The molecule has 3 aliphatic rings. The fourth-order valence-corrected chi connectivity index (χ4v) is 4.11. The molecule has 1 aromatic rings. The molecule has 2 fully saturated rings. The molecular formula is C16H22N4O3S. The number of fused-ring (bicyclic) bond motifs is 1. The van der Waals surface area contributed by atoms with E-state index in [2.05, 4.69) is 19.6 Å². The van der Waals surface area contributed by atoms with Gasteiger partial charge in [-0.2, -0.15) is 17.8 Å². The van der Waals surface area contributed by atoms with E-state index in [1.807, 2.05) is 0 Å². The lowest BCUT2D eigenvalue weighted by Gasteiger charge is -2.26. The summed E-state index contributed by atoms with van der Waals surface area (Å²) < 4.78 is 33.9. The van der Waals surface area contributed by atoms with Gasteiger partial charge in [-0.15, -0.1) is 0 Å². The number of anilines is 1. The molecule has 0 aromatic carbocycles. The number of ether oxygens (including phenoxy) is 1. The number of nitrogens with zero attached hydrogens (tertiary/aromatic N) is 3. The van der Waals surface area contributed by atoms with Crippen molar-refractivity contribution in [3.8, 4) is 5.88 Å². The van der Waals surface area contributed by atoms with E-state index in [9.17, 15) is 8.42 Å². The van der Waals surface area contributed by atoms with Crippen LogP contribution in [0.15, 0.2) is 21.4 Å². The van der Waals surface area contributed by atoms with Crippen LogP contribution in [0.5, 0.6) is 5.88 Å². The summed E-state index contributed by atoms with van der Waals surface area (Å²) in [4.78, 5) is 6.86. The second-order valence-corrected chi connectivity index (χ2v) is 8.31. The van der Waals surface area contributed by atoms with Gasteiger partial charge in [0.25, 0.3) is 10.0 Å². The molecule has 24 heavy (non-hydrogen) atoms. The van der Waals surface area contributed by atoms with E-state index >= 15 is 0 Å². The highest BCUT2D eigenvalue weighted by Gasteiger charge is 2.47. The van der Waals surface area contributed by atoms with E-state index in [1.54, 1.807) is 6.07 Å². The molecule has 3 heterocycles. The van der Waals surface area contributed by atoms with Crippen LogP contribution in [0.2, 0.25) is 0 Å². The van der Waals surface area contributed by atoms with Crippen LogP contribution in [0.4, 0.5) is 5.82 Å². The molecule has 8 heteroatoms. The highest BCUT2D eigenvalue weighted by atomic mass is 32.2. The Bertz CT molecular complexity index is 753. The number of pyridine rings is 1. The first-order chi connectivity index (χ1) is 11.6. The van der Waals surface area contributed by atoms with Crippen molar-refractivity contribution in [1.29, 1.82) is 0 Å². The Kier molecular flexibility index (Phi) is 3.96. The summed E-state index contributed by atoms with van der Waals surface area (Å²) in [6.07, 6.45) is 6.83. The maximum Gasteiger partial charge on any atom is 0.287 e. The SMILES string of the molecule is O=S1(=O)N=CC2(CC2)Oc2nc(NCCN3CCCCC3)ccc21. The first kappa shape index (κ1) is 15.8. The minimum Gasteiger partial charge on any atom is -0.464 e. The van der Waals surface area contributed by atoms with Crippen molar-refractivity contribution in [3.05, 3.63) is 12.1 Å². The van der Waals surface area contributed by atoms with Crippen molar-refractivity contribution in [2.45, 2.75) is 42.6 Å². The van der Waals surface area contributed by atoms with Crippen LogP contribution < -0.4 is 10.1 Å². The number of hydrogen-bond donors (Lipinski definition) is 1. The summed E-state index contributed by atoms with van der Waals surface area (Å²) in [5.41, 5.74) is -0.572. The van der Waals surface area contributed by atoms with Crippen LogP contribution >= 0.6 is 0 Å². The van der Waals surface area contributed by atoms with E-state index < -0.39 is 15.6 Å². The monoisotopic (exact) mass is 350 g/mol. The summed E-state index contributed by atoms with van der Waals surface area (Å²) in [5, 5.41) is 3.27.